The number of carbonyl (C=O) groups excluding carboxylic acids is 2. The van der Waals surface area contributed by atoms with Gasteiger partial charge < -0.3 is 5.32 Å². The Morgan fingerprint density at radius 3 is 2.44 bits per heavy atom. The van der Waals surface area contributed by atoms with Crippen molar-refractivity contribution in [2.75, 3.05) is 0 Å². The molecule has 1 atom stereocenters. The van der Waals surface area contributed by atoms with E-state index in [2.05, 4.69) is 20.8 Å². The second kappa shape index (κ2) is 7.55. The van der Waals surface area contributed by atoms with Gasteiger partial charge in [-0.2, -0.15) is 13.2 Å². The number of rotatable bonds is 3. The van der Waals surface area contributed by atoms with Crippen molar-refractivity contribution in [1.29, 1.82) is 0 Å². The second-order valence-electron chi connectivity index (χ2n) is 6.70. The van der Waals surface area contributed by atoms with Gasteiger partial charge >= 0.3 is 12.2 Å². The summed E-state index contributed by atoms with van der Waals surface area (Å²) in [7, 11) is 0. The number of fused-ring (bicyclic) bond motifs is 1. The lowest BCUT2D eigenvalue weighted by Crippen LogP contribution is -2.49. The molecule has 0 aromatic carbocycles. The predicted molar refractivity (Wildman–Crippen MR) is 94.7 cm³/mol. The smallest absolute Gasteiger partial charge is 0.333 e. The molecule has 1 unspecified atom stereocenters. The minimum atomic E-state index is -4.60. The first kappa shape index (κ1) is 21.3. The number of imide groups is 1. The molecule has 148 valence electrons. The number of hydrogen-bond donors (Lipinski definition) is 2. The summed E-state index contributed by atoms with van der Waals surface area (Å²) in [5.41, 5.74) is -1.47. The second-order valence-corrected chi connectivity index (χ2v) is 8.42. The largest absolute Gasteiger partial charge is 0.417 e. The van der Waals surface area contributed by atoms with Crippen molar-refractivity contribution < 1.29 is 22.8 Å². The van der Waals surface area contributed by atoms with E-state index in [0.717, 1.165) is 28.4 Å². The first-order valence-corrected chi connectivity index (χ1v) is 8.95. The molecule has 7 nitrogen and oxygen atoms in total. The molecule has 0 aliphatic carbocycles. The molecule has 2 aromatic heterocycles. The highest BCUT2D eigenvalue weighted by Gasteiger charge is 2.32. The number of pyridine rings is 1. The summed E-state index contributed by atoms with van der Waals surface area (Å²) in [6, 6.07) is 0.0842. The Hall–Kier alpha value is -2.01. The third-order valence-corrected chi connectivity index (χ3v) is 4.47. The number of amides is 3. The lowest BCUT2D eigenvalue weighted by molar-refractivity contribution is -0.137. The maximum Gasteiger partial charge on any atom is 0.417 e. The Morgan fingerprint density at radius 1 is 1.26 bits per heavy atom. The van der Waals surface area contributed by atoms with Crippen LogP contribution in [0.2, 0.25) is 5.02 Å². The van der Waals surface area contributed by atoms with E-state index in [4.69, 9.17) is 11.6 Å². The molecule has 0 aliphatic heterocycles. The van der Waals surface area contributed by atoms with Crippen LogP contribution in [0.5, 0.6) is 0 Å². The maximum absolute atomic E-state index is 13.0. The zero-order valence-electron chi connectivity index (χ0n) is 14.8. The van der Waals surface area contributed by atoms with Crippen molar-refractivity contribution in [1.82, 2.24) is 25.2 Å². The highest BCUT2D eigenvalue weighted by Crippen LogP contribution is 2.33. The van der Waals surface area contributed by atoms with Crippen LogP contribution in [0.15, 0.2) is 17.4 Å². The molecule has 0 fully saturated rings. The monoisotopic (exact) mass is 423 g/mol. The van der Waals surface area contributed by atoms with Gasteiger partial charge in [-0.05, 0) is 33.8 Å². The van der Waals surface area contributed by atoms with E-state index in [1.165, 1.54) is 6.92 Å². The van der Waals surface area contributed by atoms with Crippen molar-refractivity contribution in [3.05, 3.63) is 22.8 Å². The minimum Gasteiger partial charge on any atom is -0.333 e. The number of urea groups is 1. The van der Waals surface area contributed by atoms with Crippen LogP contribution in [0.25, 0.3) is 5.65 Å². The standard InChI is InChI=1S/C15H17ClF3N5O2S/c1-7(11(25)20-12(26)21-14(2,3)4)27-13-23-22-10-9(16)5-8(6-24(10)13)15(17,18)19/h5-7H,1-4H3,(H2,20,21,25,26). The number of nitrogens with one attached hydrogen (secondary N) is 2. The molecule has 2 aromatic rings. The summed E-state index contributed by atoms with van der Waals surface area (Å²) in [5.74, 6) is -0.628. The average Bonchev–Trinajstić information content (AvgIpc) is 2.87. The number of nitrogens with zero attached hydrogens (tertiary/aromatic N) is 3. The summed E-state index contributed by atoms with van der Waals surface area (Å²) in [5, 5.41) is 11.3. The fourth-order valence-electron chi connectivity index (χ4n) is 1.97. The van der Waals surface area contributed by atoms with E-state index in [9.17, 15) is 22.8 Å². The van der Waals surface area contributed by atoms with Crippen LogP contribution in [0, 0.1) is 0 Å². The SMILES string of the molecule is CC(Sc1nnc2c(Cl)cc(C(F)(F)F)cn12)C(=O)NC(=O)NC(C)(C)C. The van der Waals surface area contributed by atoms with E-state index in [1.807, 2.05) is 0 Å². The molecule has 0 aliphatic rings. The summed E-state index contributed by atoms with van der Waals surface area (Å²) < 4.78 is 40.0. The molecule has 2 N–H and O–H groups in total. The van der Waals surface area contributed by atoms with E-state index in [0.29, 0.717) is 0 Å². The zero-order chi connectivity index (χ0) is 20.6. The Morgan fingerprint density at radius 2 is 1.89 bits per heavy atom. The van der Waals surface area contributed by atoms with Crippen LogP contribution in [0.1, 0.15) is 33.3 Å². The van der Waals surface area contributed by atoms with Gasteiger partial charge in [0.15, 0.2) is 10.8 Å². The fraction of sp³-hybridized carbons (Fsp3) is 0.467. The van der Waals surface area contributed by atoms with E-state index < -0.39 is 34.5 Å². The zero-order valence-corrected chi connectivity index (χ0v) is 16.4. The molecule has 0 bridgehead atoms. The Bertz CT molecular complexity index is 879. The van der Waals surface area contributed by atoms with E-state index in [-0.39, 0.29) is 15.8 Å². The van der Waals surface area contributed by atoms with Gasteiger partial charge in [0.1, 0.15) is 0 Å². The van der Waals surface area contributed by atoms with Crippen LogP contribution in [-0.4, -0.2) is 37.3 Å². The highest BCUT2D eigenvalue weighted by atomic mass is 35.5. The quantitative estimate of drug-likeness (QED) is 0.737. The van der Waals surface area contributed by atoms with Gasteiger partial charge in [-0.15, -0.1) is 10.2 Å². The molecule has 3 amide bonds. The van der Waals surface area contributed by atoms with Gasteiger partial charge in [-0.25, -0.2) is 4.79 Å². The summed E-state index contributed by atoms with van der Waals surface area (Å²) >= 11 is 6.69. The third kappa shape index (κ3) is 5.48. The number of hydrogen-bond acceptors (Lipinski definition) is 5. The molecule has 0 spiro atoms. The van der Waals surface area contributed by atoms with Gasteiger partial charge in [0.05, 0.1) is 15.8 Å². The molecule has 2 rings (SSSR count). The van der Waals surface area contributed by atoms with E-state index in [1.54, 1.807) is 20.8 Å². The summed E-state index contributed by atoms with van der Waals surface area (Å²) in [6.07, 6.45) is -3.79. The van der Waals surface area contributed by atoms with Crippen molar-refractivity contribution in [3.8, 4) is 0 Å². The van der Waals surface area contributed by atoms with Crippen LogP contribution < -0.4 is 10.6 Å². The molecular weight excluding hydrogens is 407 g/mol. The number of aromatic nitrogens is 3. The fourth-order valence-corrected chi connectivity index (χ4v) is 3.04. The molecule has 27 heavy (non-hydrogen) atoms. The van der Waals surface area contributed by atoms with Crippen molar-refractivity contribution in [3.63, 3.8) is 0 Å². The van der Waals surface area contributed by atoms with Crippen LogP contribution in [-0.2, 0) is 11.0 Å². The number of carbonyl (C=O) groups is 2. The van der Waals surface area contributed by atoms with Gasteiger partial charge in [-0.1, -0.05) is 23.4 Å². The molecule has 12 heteroatoms. The first-order chi connectivity index (χ1) is 12.3. The lowest BCUT2D eigenvalue weighted by atomic mass is 10.1. The first-order valence-electron chi connectivity index (χ1n) is 7.69. The Labute approximate surface area is 162 Å². The van der Waals surface area contributed by atoms with Gasteiger partial charge in [-0.3, -0.25) is 14.5 Å². The van der Waals surface area contributed by atoms with Crippen LogP contribution in [0.4, 0.5) is 18.0 Å². The molecule has 0 saturated heterocycles. The average molecular weight is 424 g/mol. The van der Waals surface area contributed by atoms with Gasteiger partial charge in [0.25, 0.3) is 0 Å². The summed E-state index contributed by atoms with van der Waals surface area (Å²) in [4.78, 5) is 23.9. The van der Waals surface area contributed by atoms with Crippen molar-refractivity contribution in [2.45, 2.75) is 49.8 Å². The highest BCUT2D eigenvalue weighted by molar-refractivity contribution is 8.00. The Kier molecular flexibility index (Phi) is 5.95. The van der Waals surface area contributed by atoms with Crippen LogP contribution >= 0.6 is 23.4 Å². The number of thioether (sulfide) groups is 1. The van der Waals surface area contributed by atoms with Crippen molar-refractivity contribution >= 4 is 40.9 Å². The van der Waals surface area contributed by atoms with Gasteiger partial charge in [0.2, 0.25) is 5.91 Å². The van der Waals surface area contributed by atoms with E-state index >= 15 is 0 Å². The molecule has 0 saturated carbocycles. The maximum atomic E-state index is 13.0. The van der Waals surface area contributed by atoms with Crippen LogP contribution in [0.3, 0.4) is 0 Å². The molecule has 0 radical (unpaired) electrons. The molecule has 2 heterocycles. The third-order valence-electron chi connectivity index (χ3n) is 3.13. The number of alkyl halides is 3. The lowest BCUT2D eigenvalue weighted by Gasteiger charge is -2.21. The molecular formula is C15H17ClF3N5O2S. The topological polar surface area (TPSA) is 88.4 Å². The normalized spacial score (nSPS) is 13.5. The van der Waals surface area contributed by atoms with Gasteiger partial charge in [0, 0.05) is 11.7 Å². The minimum absolute atomic E-state index is 0.0326. The Balaban J connectivity index is 2.19. The van der Waals surface area contributed by atoms with Crippen molar-refractivity contribution in [2.24, 2.45) is 0 Å². The number of halogens is 4. The predicted octanol–water partition coefficient (Wildman–Crippen LogP) is 3.51. The summed E-state index contributed by atoms with van der Waals surface area (Å²) in [6.45, 7) is 6.74.